The summed E-state index contributed by atoms with van der Waals surface area (Å²) >= 11 is 0. The van der Waals surface area contributed by atoms with E-state index in [1.165, 1.54) is 6.07 Å². The van der Waals surface area contributed by atoms with Crippen molar-refractivity contribution in [1.29, 1.82) is 0 Å². The molecule has 0 bridgehead atoms. The number of carbonyl (C=O) groups excluding carboxylic acids is 1. The summed E-state index contributed by atoms with van der Waals surface area (Å²) in [6.45, 7) is 6.73. The lowest BCUT2D eigenvalue weighted by molar-refractivity contribution is 0.0772. The third kappa shape index (κ3) is 4.45. The van der Waals surface area contributed by atoms with Crippen molar-refractivity contribution in [3.8, 4) is 11.5 Å². The Kier molecular flexibility index (Phi) is 5.30. The smallest absolute Gasteiger partial charge is 0.339 e. The fraction of sp³-hybridized carbons (Fsp3) is 0.400. The molecule has 1 aliphatic heterocycles. The SMILES string of the molecule is Cc1cc(OC2CCN(C(=O)c3ccc(OC(C)C)cc3)C2)cc(=O)o1. The van der Waals surface area contributed by atoms with Crippen LogP contribution in [0.5, 0.6) is 11.5 Å². The van der Waals surface area contributed by atoms with Gasteiger partial charge < -0.3 is 18.8 Å². The first-order valence-corrected chi connectivity index (χ1v) is 8.75. The molecule has 6 nitrogen and oxygen atoms in total. The monoisotopic (exact) mass is 357 g/mol. The second kappa shape index (κ2) is 7.64. The summed E-state index contributed by atoms with van der Waals surface area (Å²) in [5, 5.41) is 0. The summed E-state index contributed by atoms with van der Waals surface area (Å²) in [7, 11) is 0. The highest BCUT2D eigenvalue weighted by Crippen LogP contribution is 2.21. The van der Waals surface area contributed by atoms with Crippen LogP contribution in [-0.2, 0) is 0 Å². The highest BCUT2D eigenvalue weighted by molar-refractivity contribution is 5.94. The molecule has 1 unspecified atom stereocenters. The van der Waals surface area contributed by atoms with Gasteiger partial charge in [0.25, 0.3) is 5.91 Å². The van der Waals surface area contributed by atoms with Crippen LogP contribution in [-0.4, -0.2) is 36.1 Å². The van der Waals surface area contributed by atoms with Gasteiger partial charge in [-0.3, -0.25) is 4.79 Å². The number of rotatable bonds is 5. The standard InChI is InChI=1S/C20H23NO5/c1-13(2)24-16-6-4-15(5-7-16)20(23)21-9-8-17(12-21)26-18-10-14(3)25-19(22)11-18/h4-7,10-11,13,17H,8-9,12H2,1-3H3. The van der Waals surface area contributed by atoms with E-state index in [0.717, 1.165) is 12.2 Å². The Hall–Kier alpha value is -2.76. The molecule has 6 heteroatoms. The van der Waals surface area contributed by atoms with Crippen LogP contribution in [0, 0.1) is 6.92 Å². The Morgan fingerprint density at radius 2 is 1.92 bits per heavy atom. The molecule has 1 fully saturated rings. The van der Waals surface area contributed by atoms with Crippen molar-refractivity contribution < 1.29 is 18.7 Å². The molecule has 1 aromatic heterocycles. The van der Waals surface area contributed by atoms with E-state index in [2.05, 4.69) is 0 Å². The van der Waals surface area contributed by atoms with E-state index < -0.39 is 5.63 Å². The van der Waals surface area contributed by atoms with Gasteiger partial charge in [-0.2, -0.15) is 0 Å². The van der Waals surface area contributed by atoms with Gasteiger partial charge in [-0.1, -0.05) is 0 Å². The molecule has 2 aromatic rings. The number of nitrogens with zero attached hydrogens (tertiary/aromatic N) is 1. The summed E-state index contributed by atoms with van der Waals surface area (Å²) in [6.07, 6.45) is 0.681. The van der Waals surface area contributed by atoms with E-state index in [9.17, 15) is 9.59 Å². The second-order valence-electron chi connectivity index (χ2n) is 6.69. The lowest BCUT2D eigenvalue weighted by atomic mass is 10.2. The van der Waals surface area contributed by atoms with Gasteiger partial charge in [0.05, 0.1) is 18.7 Å². The van der Waals surface area contributed by atoms with Crippen molar-refractivity contribution in [2.75, 3.05) is 13.1 Å². The lowest BCUT2D eigenvalue weighted by Crippen LogP contribution is -2.31. The maximum Gasteiger partial charge on any atom is 0.339 e. The van der Waals surface area contributed by atoms with Gasteiger partial charge in [0, 0.05) is 24.6 Å². The Bertz CT molecular complexity index is 825. The van der Waals surface area contributed by atoms with Crippen LogP contribution in [0.1, 0.15) is 36.4 Å². The molecule has 2 heterocycles. The topological polar surface area (TPSA) is 69.0 Å². The van der Waals surface area contributed by atoms with E-state index in [1.807, 2.05) is 26.0 Å². The summed E-state index contributed by atoms with van der Waals surface area (Å²) in [6, 6.07) is 10.2. The fourth-order valence-corrected chi connectivity index (χ4v) is 2.98. The molecule has 1 aliphatic rings. The van der Waals surface area contributed by atoms with Crippen LogP contribution in [0.2, 0.25) is 0 Å². The molecule has 3 rings (SSSR count). The first kappa shape index (κ1) is 18.0. The first-order valence-electron chi connectivity index (χ1n) is 8.75. The van der Waals surface area contributed by atoms with Gasteiger partial charge in [0.15, 0.2) is 0 Å². The molecule has 1 amide bonds. The zero-order valence-corrected chi connectivity index (χ0v) is 15.2. The number of benzene rings is 1. The fourth-order valence-electron chi connectivity index (χ4n) is 2.98. The predicted octanol–water partition coefficient (Wildman–Crippen LogP) is 3.03. The highest BCUT2D eigenvalue weighted by Gasteiger charge is 2.28. The number of likely N-dealkylation sites (tertiary alicyclic amines) is 1. The van der Waals surface area contributed by atoms with Crippen molar-refractivity contribution in [3.63, 3.8) is 0 Å². The molecule has 0 aliphatic carbocycles. The number of hydrogen-bond donors (Lipinski definition) is 0. The van der Waals surface area contributed by atoms with E-state index in [-0.39, 0.29) is 18.1 Å². The zero-order chi connectivity index (χ0) is 18.7. The van der Waals surface area contributed by atoms with E-state index in [0.29, 0.717) is 30.2 Å². The number of amides is 1. The maximum absolute atomic E-state index is 12.7. The zero-order valence-electron chi connectivity index (χ0n) is 15.2. The van der Waals surface area contributed by atoms with Crippen molar-refractivity contribution >= 4 is 5.91 Å². The molecule has 0 N–H and O–H groups in total. The van der Waals surface area contributed by atoms with Crippen molar-refractivity contribution in [1.82, 2.24) is 4.90 Å². The van der Waals surface area contributed by atoms with Crippen LogP contribution in [0.15, 0.2) is 45.6 Å². The first-order chi connectivity index (χ1) is 12.4. The predicted molar refractivity (Wildman–Crippen MR) is 96.9 cm³/mol. The van der Waals surface area contributed by atoms with Crippen LogP contribution in [0.25, 0.3) is 0 Å². The molecule has 26 heavy (non-hydrogen) atoms. The number of aryl methyl sites for hydroxylation is 1. The quantitative estimate of drug-likeness (QED) is 0.823. The normalized spacial score (nSPS) is 16.8. The Morgan fingerprint density at radius 3 is 2.58 bits per heavy atom. The van der Waals surface area contributed by atoms with Crippen molar-refractivity contribution in [2.24, 2.45) is 0 Å². The molecule has 1 aromatic carbocycles. The van der Waals surface area contributed by atoms with E-state index in [4.69, 9.17) is 13.9 Å². The van der Waals surface area contributed by atoms with E-state index in [1.54, 1.807) is 30.0 Å². The maximum atomic E-state index is 12.7. The van der Waals surface area contributed by atoms with Gasteiger partial charge in [-0.15, -0.1) is 0 Å². The van der Waals surface area contributed by atoms with Crippen LogP contribution >= 0.6 is 0 Å². The third-order valence-electron chi connectivity index (χ3n) is 4.08. The Labute approximate surface area is 152 Å². The van der Waals surface area contributed by atoms with Gasteiger partial charge >= 0.3 is 5.63 Å². The summed E-state index contributed by atoms with van der Waals surface area (Å²) in [5.41, 5.74) is 0.188. The minimum absolute atomic E-state index is 0.0315. The van der Waals surface area contributed by atoms with Crippen LogP contribution in [0.4, 0.5) is 0 Å². The average molecular weight is 357 g/mol. The average Bonchev–Trinajstić information content (AvgIpc) is 3.02. The molecule has 0 saturated carbocycles. The van der Waals surface area contributed by atoms with Gasteiger partial charge in [-0.25, -0.2) is 4.79 Å². The lowest BCUT2D eigenvalue weighted by Gasteiger charge is -2.18. The molecular weight excluding hydrogens is 334 g/mol. The molecule has 138 valence electrons. The second-order valence-corrected chi connectivity index (χ2v) is 6.69. The van der Waals surface area contributed by atoms with Gasteiger partial charge in [-0.05, 0) is 45.0 Å². The van der Waals surface area contributed by atoms with Crippen LogP contribution < -0.4 is 15.1 Å². The largest absolute Gasteiger partial charge is 0.491 e. The van der Waals surface area contributed by atoms with Crippen molar-refractivity contribution in [2.45, 2.75) is 39.4 Å². The summed E-state index contributed by atoms with van der Waals surface area (Å²) < 4.78 is 16.4. The Balaban J connectivity index is 1.61. The molecule has 0 spiro atoms. The summed E-state index contributed by atoms with van der Waals surface area (Å²) in [4.78, 5) is 25.8. The third-order valence-corrected chi connectivity index (χ3v) is 4.08. The minimum Gasteiger partial charge on any atom is -0.491 e. The van der Waals surface area contributed by atoms with Crippen LogP contribution in [0.3, 0.4) is 0 Å². The number of hydrogen-bond acceptors (Lipinski definition) is 5. The highest BCUT2D eigenvalue weighted by atomic mass is 16.5. The van der Waals surface area contributed by atoms with E-state index >= 15 is 0 Å². The Morgan fingerprint density at radius 1 is 1.19 bits per heavy atom. The number of carbonyl (C=O) groups is 1. The molecule has 1 saturated heterocycles. The summed E-state index contributed by atoms with van der Waals surface area (Å²) in [5.74, 6) is 1.70. The number of ether oxygens (including phenoxy) is 2. The molecular formula is C20H23NO5. The van der Waals surface area contributed by atoms with Gasteiger partial charge in [0.2, 0.25) is 0 Å². The van der Waals surface area contributed by atoms with Gasteiger partial charge in [0.1, 0.15) is 23.4 Å². The van der Waals surface area contributed by atoms with Crippen molar-refractivity contribution in [3.05, 3.63) is 58.1 Å². The molecule has 1 atom stereocenters. The minimum atomic E-state index is -0.436. The molecule has 0 radical (unpaired) electrons.